The Morgan fingerprint density at radius 2 is 1.85 bits per heavy atom. The van der Waals surface area contributed by atoms with Crippen LogP contribution in [-0.2, 0) is 9.53 Å². The van der Waals surface area contributed by atoms with Crippen molar-refractivity contribution in [1.29, 1.82) is 0 Å². The van der Waals surface area contributed by atoms with Gasteiger partial charge in [-0.3, -0.25) is 4.79 Å². The second-order valence-electron chi connectivity index (χ2n) is 3.56. The third-order valence-corrected chi connectivity index (χ3v) is 2.39. The van der Waals surface area contributed by atoms with Crippen molar-refractivity contribution in [3.05, 3.63) is 11.3 Å². The Kier molecular flexibility index (Phi) is 3.48. The van der Waals surface area contributed by atoms with Crippen LogP contribution in [0.4, 0.5) is 0 Å². The van der Waals surface area contributed by atoms with E-state index in [1.807, 2.05) is 6.92 Å². The molecule has 1 saturated heterocycles. The Morgan fingerprint density at radius 1 is 1.31 bits per heavy atom. The number of rotatable bonds is 1. The van der Waals surface area contributed by atoms with Crippen molar-refractivity contribution in [3.63, 3.8) is 0 Å². The Morgan fingerprint density at radius 3 is 2.31 bits per heavy atom. The van der Waals surface area contributed by atoms with E-state index in [1.54, 1.807) is 0 Å². The molecule has 0 atom stereocenters. The van der Waals surface area contributed by atoms with E-state index in [4.69, 9.17) is 4.74 Å². The molecular weight excluding hydrogens is 166 g/mol. The van der Waals surface area contributed by atoms with Gasteiger partial charge in [0.1, 0.15) is 5.76 Å². The zero-order valence-corrected chi connectivity index (χ0v) is 8.59. The molecule has 1 rings (SSSR count). The number of piperidine rings is 1. The summed E-state index contributed by atoms with van der Waals surface area (Å²) >= 11 is 0. The van der Waals surface area contributed by atoms with Gasteiger partial charge in [0.25, 0.3) is 0 Å². The first-order valence-corrected chi connectivity index (χ1v) is 4.65. The van der Waals surface area contributed by atoms with Gasteiger partial charge in [-0.25, -0.2) is 0 Å². The monoisotopic (exact) mass is 183 g/mol. The Bertz CT molecular complexity index is 223. The van der Waals surface area contributed by atoms with Crippen molar-refractivity contribution >= 4 is 5.97 Å². The summed E-state index contributed by atoms with van der Waals surface area (Å²) in [6, 6.07) is 0. The van der Waals surface area contributed by atoms with E-state index in [0.29, 0.717) is 0 Å². The first kappa shape index (κ1) is 10.3. The Balaban J connectivity index is 2.54. The van der Waals surface area contributed by atoms with Crippen LogP contribution in [0, 0.1) is 0 Å². The first-order chi connectivity index (χ1) is 6.09. The third kappa shape index (κ3) is 3.19. The second kappa shape index (κ2) is 4.42. The van der Waals surface area contributed by atoms with Gasteiger partial charge in [0.05, 0.1) is 0 Å². The minimum Gasteiger partial charge on any atom is -0.432 e. The van der Waals surface area contributed by atoms with Crippen molar-refractivity contribution < 1.29 is 9.53 Å². The highest BCUT2D eigenvalue weighted by Crippen LogP contribution is 2.19. The average molecular weight is 183 g/mol. The molecular formula is C10H17NO2. The Hall–Kier alpha value is -0.830. The van der Waals surface area contributed by atoms with Crippen LogP contribution in [0.15, 0.2) is 11.3 Å². The summed E-state index contributed by atoms with van der Waals surface area (Å²) in [6.07, 6.45) is 2.05. The van der Waals surface area contributed by atoms with Gasteiger partial charge in [-0.2, -0.15) is 0 Å². The normalized spacial score (nSPS) is 18.5. The number of esters is 1. The summed E-state index contributed by atoms with van der Waals surface area (Å²) in [5.41, 5.74) is 1.29. The number of hydrogen-bond acceptors (Lipinski definition) is 3. The van der Waals surface area contributed by atoms with E-state index in [0.717, 1.165) is 31.7 Å². The SMILES string of the molecule is CC(=O)OC(C)=C1CCN(C)CC1. The number of ether oxygens (including phenoxy) is 1. The van der Waals surface area contributed by atoms with Gasteiger partial charge in [-0.05, 0) is 32.4 Å². The predicted octanol–water partition coefficient (Wildman–Crippen LogP) is 1.55. The third-order valence-electron chi connectivity index (χ3n) is 2.39. The lowest BCUT2D eigenvalue weighted by Crippen LogP contribution is -2.27. The van der Waals surface area contributed by atoms with Gasteiger partial charge < -0.3 is 9.64 Å². The zero-order valence-electron chi connectivity index (χ0n) is 8.59. The molecule has 3 nitrogen and oxygen atoms in total. The molecule has 0 radical (unpaired) electrons. The summed E-state index contributed by atoms with van der Waals surface area (Å²) in [6.45, 7) is 5.45. The summed E-state index contributed by atoms with van der Waals surface area (Å²) in [5.74, 6) is 0.588. The van der Waals surface area contributed by atoms with Gasteiger partial charge in [0.15, 0.2) is 0 Å². The maximum atomic E-state index is 10.7. The van der Waals surface area contributed by atoms with Gasteiger partial charge in [-0.15, -0.1) is 0 Å². The first-order valence-electron chi connectivity index (χ1n) is 4.65. The number of allylic oxidation sites excluding steroid dienone is 1. The van der Waals surface area contributed by atoms with Gasteiger partial charge >= 0.3 is 5.97 Å². The smallest absolute Gasteiger partial charge is 0.307 e. The van der Waals surface area contributed by atoms with Crippen molar-refractivity contribution in [3.8, 4) is 0 Å². The van der Waals surface area contributed by atoms with E-state index in [2.05, 4.69) is 11.9 Å². The van der Waals surface area contributed by atoms with Gasteiger partial charge in [0, 0.05) is 20.0 Å². The minimum atomic E-state index is -0.219. The van der Waals surface area contributed by atoms with Crippen LogP contribution in [0.1, 0.15) is 26.7 Å². The molecule has 0 N–H and O–H groups in total. The van der Waals surface area contributed by atoms with Crippen molar-refractivity contribution in [2.24, 2.45) is 0 Å². The molecule has 0 bridgehead atoms. The maximum Gasteiger partial charge on any atom is 0.307 e. The molecule has 1 fully saturated rings. The topological polar surface area (TPSA) is 29.5 Å². The predicted molar refractivity (Wildman–Crippen MR) is 51.2 cm³/mol. The molecule has 0 aromatic carbocycles. The molecule has 13 heavy (non-hydrogen) atoms. The quantitative estimate of drug-likeness (QED) is 0.456. The largest absolute Gasteiger partial charge is 0.432 e. The maximum absolute atomic E-state index is 10.7. The molecule has 1 aliphatic rings. The fraction of sp³-hybridized carbons (Fsp3) is 0.700. The number of likely N-dealkylation sites (tertiary alicyclic amines) is 1. The Labute approximate surface area is 79.4 Å². The van der Waals surface area contributed by atoms with E-state index < -0.39 is 0 Å². The zero-order chi connectivity index (χ0) is 9.84. The van der Waals surface area contributed by atoms with Crippen LogP contribution in [0.25, 0.3) is 0 Å². The molecule has 0 unspecified atom stereocenters. The summed E-state index contributed by atoms with van der Waals surface area (Å²) in [5, 5.41) is 0. The minimum absolute atomic E-state index is 0.219. The van der Waals surface area contributed by atoms with Crippen LogP contribution in [-0.4, -0.2) is 31.0 Å². The van der Waals surface area contributed by atoms with Crippen LogP contribution < -0.4 is 0 Å². The lowest BCUT2D eigenvalue weighted by Gasteiger charge is -2.24. The van der Waals surface area contributed by atoms with Crippen molar-refractivity contribution in [2.75, 3.05) is 20.1 Å². The number of hydrogen-bond donors (Lipinski definition) is 0. The highest BCUT2D eigenvalue weighted by molar-refractivity contribution is 5.67. The molecule has 0 aliphatic carbocycles. The molecule has 0 spiro atoms. The van der Waals surface area contributed by atoms with Crippen LogP contribution >= 0.6 is 0 Å². The number of carbonyl (C=O) groups is 1. The fourth-order valence-electron chi connectivity index (χ4n) is 1.53. The molecule has 1 aliphatic heterocycles. The summed E-state index contributed by atoms with van der Waals surface area (Å²) in [4.78, 5) is 13.0. The summed E-state index contributed by atoms with van der Waals surface area (Å²) < 4.78 is 5.05. The molecule has 0 saturated carbocycles. The molecule has 0 aromatic rings. The average Bonchev–Trinajstić information content (AvgIpc) is 2.04. The lowest BCUT2D eigenvalue weighted by molar-refractivity contribution is -0.136. The summed E-state index contributed by atoms with van der Waals surface area (Å²) in [7, 11) is 2.11. The van der Waals surface area contributed by atoms with Crippen LogP contribution in [0.2, 0.25) is 0 Å². The van der Waals surface area contributed by atoms with E-state index in [1.165, 1.54) is 12.5 Å². The number of carbonyl (C=O) groups excluding carboxylic acids is 1. The van der Waals surface area contributed by atoms with Crippen LogP contribution in [0.5, 0.6) is 0 Å². The van der Waals surface area contributed by atoms with Gasteiger partial charge in [-0.1, -0.05) is 0 Å². The molecule has 1 heterocycles. The molecule has 3 heteroatoms. The van der Waals surface area contributed by atoms with Crippen LogP contribution in [0.3, 0.4) is 0 Å². The lowest BCUT2D eigenvalue weighted by atomic mass is 10.0. The standard InChI is InChI=1S/C10H17NO2/c1-8(13-9(2)12)10-4-6-11(3)7-5-10/h4-7H2,1-3H3. The van der Waals surface area contributed by atoms with Crippen molar-refractivity contribution in [1.82, 2.24) is 4.90 Å². The number of nitrogens with zero attached hydrogens (tertiary/aromatic N) is 1. The molecule has 0 aromatic heterocycles. The highest BCUT2D eigenvalue weighted by Gasteiger charge is 2.13. The van der Waals surface area contributed by atoms with Gasteiger partial charge in [0.2, 0.25) is 0 Å². The highest BCUT2D eigenvalue weighted by atomic mass is 16.5. The fourth-order valence-corrected chi connectivity index (χ4v) is 1.53. The van der Waals surface area contributed by atoms with E-state index in [9.17, 15) is 4.79 Å². The second-order valence-corrected chi connectivity index (χ2v) is 3.56. The van der Waals surface area contributed by atoms with E-state index in [-0.39, 0.29) is 5.97 Å². The van der Waals surface area contributed by atoms with Crippen molar-refractivity contribution in [2.45, 2.75) is 26.7 Å². The molecule has 0 amide bonds. The molecule has 74 valence electrons. The van der Waals surface area contributed by atoms with E-state index >= 15 is 0 Å².